The Bertz CT molecular complexity index is 754. The lowest BCUT2D eigenvalue weighted by Crippen LogP contribution is -2.38. The molecule has 1 aromatic heterocycles. The zero-order valence-corrected chi connectivity index (χ0v) is 14.4. The Labute approximate surface area is 145 Å². The molecule has 1 aromatic carbocycles. The summed E-state index contributed by atoms with van der Waals surface area (Å²) in [6, 6.07) is 2.43. The van der Waals surface area contributed by atoms with Gasteiger partial charge < -0.3 is 10.2 Å². The number of fused-ring (bicyclic) bond motifs is 1. The van der Waals surface area contributed by atoms with Crippen molar-refractivity contribution in [2.75, 3.05) is 7.05 Å². The number of hydrogen-bond acceptors (Lipinski definition) is 2. The zero-order chi connectivity index (χ0) is 18.0. The van der Waals surface area contributed by atoms with E-state index in [2.05, 4.69) is 15.5 Å². The summed E-state index contributed by atoms with van der Waals surface area (Å²) in [6.45, 7) is 2.08. The number of nitrogens with one attached hydrogen (secondary N) is 2. The predicted octanol–water partition coefficient (Wildman–Crippen LogP) is 3.47. The van der Waals surface area contributed by atoms with Crippen molar-refractivity contribution in [2.24, 2.45) is 0 Å². The van der Waals surface area contributed by atoms with Crippen LogP contribution in [0.25, 0.3) is 0 Å². The Balaban J connectivity index is 1.63. The van der Waals surface area contributed by atoms with Gasteiger partial charge in [0.15, 0.2) is 0 Å². The highest BCUT2D eigenvalue weighted by Gasteiger charge is 2.20. The second-order valence-electron chi connectivity index (χ2n) is 6.56. The third kappa shape index (κ3) is 3.97. The van der Waals surface area contributed by atoms with Crippen LogP contribution in [-0.2, 0) is 19.4 Å². The van der Waals surface area contributed by atoms with Crippen molar-refractivity contribution in [3.63, 3.8) is 0 Å². The van der Waals surface area contributed by atoms with Gasteiger partial charge in [-0.2, -0.15) is 5.10 Å². The molecule has 1 atom stereocenters. The van der Waals surface area contributed by atoms with Gasteiger partial charge in [0, 0.05) is 18.8 Å². The van der Waals surface area contributed by atoms with Gasteiger partial charge in [0.05, 0.1) is 18.3 Å². The quantitative estimate of drug-likeness (QED) is 0.889. The molecule has 134 valence electrons. The summed E-state index contributed by atoms with van der Waals surface area (Å²) in [7, 11) is 1.68. The molecule has 3 rings (SSSR count). The highest BCUT2D eigenvalue weighted by atomic mass is 19.1. The van der Waals surface area contributed by atoms with Gasteiger partial charge in [-0.15, -0.1) is 0 Å². The summed E-state index contributed by atoms with van der Waals surface area (Å²) in [5, 5.41) is 10.2. The minimum absolute atomic E-state index is 0.315. The second-order valence-corrected chi connectivity index (χ2v) is 6.56. The first-order chi connectivity index (χ1) is 11.9. The van der Waals surface area contributed by atoms with Crippen molar-refractivity contribution in [3.05, 3.63) is 52.3 Å². The number of urea groups is 1. The lowest BCUT2D eigenvalue weighted by Gasteiger charge is -2.22. The Morgan fingerprint density at radius 1 is 1.28 bits per heavy atom. The van der Waals surface area contributed by atoms with E-state index >= 15 is 0 Å². The molecule has 0 spiro atoms. The summed E-state index contributed by atoms with van der Waals surface area (Å²) < 4.78 is 26.6. The van der Waals surface area contributed by atoms with E-state index in [4.69, 9.17) is 0 Å². The van der Waals surface area contributed by atoms with E-state index in [1.807, 2.05) is 0 Å². The standard InChI is InChI=1S/C18H22F2N4O/c1-11(12-7-13(19)9-14(20)8-12)21-18(25)24(2)10-17-15-5-3-4-6-16(15)22-23-17/h7-9,11H,3-6,10H2,1-2H3,(H,21,25)(H,22,23)/t11-/m0/s1. The monoisotopic (exact) mass is 348 g/mol. The molecule has 2 N–H and O–H groups in total. The molecule has 2 amide bonds. The van der Waals surface area contributed by atoms with Gasteiger partial charge in [-0.25, -0.2) is 13.6 Å². The Kier molecular flexibility index (Phi) is 5.01. The highest BCUT2D eigenvalue weighted by Crippen LogP contribution is 2.23. The highest BCUT2D eigenvalue weighted by molar-refractivity contribution is 5.74. The number of nitrogens with zero attached hydrogens (tertiary/aromatic N) is 2. The molecule has 0 unspecified atom stereocenters. The van der Waals surface area contributed by atoms with Crippen LogP contribution in [0.15, 0.2) is 18.2 Å². The molecule has 0 bridgehead atoms. The van der Waals surface area contributed by atoms with Gasteiger partial charge in [-0.3, -0.25) is 5.10 Å². The van der Waals surface area contributed by atoms with Crippen LogP contribution in [-0.4, -0.2) is 28.2 Å². The van der Waals surface area contributed by atoms with Gasteiger partial charge in [0.25, 0.3) is 0 Å². The molecule has 0 saturated heterocycles. The summed E-state index contributed by atoms with van der Waals surface area (Å²) in [5.41, 5.74) is 3.65. The SMILES string of the molecule is C[C@H](NC(=O)N(C)Cc1n[nH]c2c1CCCC2)c1cc(F)cc(F)c1. The Hall–Kier alpha value is -2.44. The number of aromatic nitrogens is 2. The topological polar surface area (TPSA) is 61.0 Å². The molecule has 0 aliphatic heterocycles. The summed E-state index contributed by atoms with van der Waals surface area (Å²) in [5.74, 6) is -1.32. The van der Waals surface area contributed by atoms with Crippen LogP contribution < -0.4 is 5.32 Å². The van der Waals surface area contributed by atoms with Crippen LogP contribution in [0.4, 0.5) is 13.6 Å². The molecule has 1 aliphatic carbocycles. The molecule has 0 saturated carbocycles. The fourth-order valence-electron chi connectivity index (χ4n) is 3.18. The first-order valence-electron chi connectivity index (χ1n) is 8.46. The molecule has 0 fully saturated rings. The Morgan fingerprint density at radius 3 is 2.68 bits per heavy atom. The molecule has 1 aliphatic rings. The lowest BCUT2D eigenvalue weighted by molar-refractivity contribution is 0.203. The van der Waals surface area contributed by atoms with Crippen molar-refractivity contribution in [1.29, 1.82) is 0 Å². The van der Waals surface area contributed by atoms with E-state index in [-0.39, 0.29) is 6.03 Å². The first-order valence-corrected chi connectivity index (χ1v) is 8.46. The number of aryl methyl sites for hydroxylation is 1. The normalized spacial score (nSPS) is 14.7. The first kappa shape index (κ1) is 17.4. The van der Waals surface area contributed by atoms with Gasteiger partial charge in [-0.1, -0.05) is 0 Å². The van der Waals surface area contributed by atoms with Crippen molar-refractivity contribution < 1.29 is 13.6 Å². The molecule has 7 heteroatoms. The number of halogens is 2. The molecule has 0 radical (unpaired) electrons. The summed E-state index contributed by atoms with van der Waals surface area (Å²) in [4.78, 5) is 13.9. The van der Waals surface area contributed by atoms with E-state index < -0.39 is 17.7 Å². The van der Waals surface area contributed by atoms with Crippen LogP contribution in [0, 0.1) is 11.6 Å². The second kappa shape index (κ2) is 7.21. The van der Waals surface area contributed by atoms with Crippen LogP contribution in [0.1, 0.15) is 48.3 Å². The summed E-state index contributed by atoms with van der Waals surface area (Å²) >= 11 is 0. The number of amides is 2. The molecule has 2 aromatic rings. The average Bonchev–Trinajstić information content (AvgIpc) is 2.97. The number of rotatable bonds is 4. The zero-order valence-electron chi connectivity index (χ0n) is 14.4. The third-order valence-corrected chi connectivity index (χ3v) is 4.60. The average molecular weight is 348 g/mol. The number of hydrogen-bond donors (Lipinski definition) is 2. The number of carbonyl (C=O) groups excluding carboxylic acids is 1. The minimum Gasteiger partial charge on any atom is -0.331 e. The predicted molar refractivity (Wildman–Crippen MR) is 90.0 cm³/mol. The fraction of sp³-hybridized carbons (Fsp3) is 0.444. The van der Waals surface area contributed by atoms with E-state index in [1.165, 1.54) is 28.3 Å². The van der Waals surface area contributed by atoms with E-state index in [1.54, 1.807) is 14.0 Å². The summed E-state index contributed by atoms with van der Waals surface area (Å²) in [6.07, 6.45) is 4.28. The van der Waals surface area contributed by atoms with Crippen molar-refractivity contribution >= 4 is 6.03 Å². The van der Waals surface area contributed by atoms with Crippen molar-refractivity contribution in [1.82, 2.24) is 20.4 Å². The van der Waals surface area contributed by atoms with E-state index in [0.29, 0.717) is 12.1 Å². The van der Waals surface area contributed by atoms with Crippen molar-refractivity contribution in [3.8, 4) is 0 Å². The van der Waals surface area contributed by atoms with Gasteiger partial charge >= 0.3 is 6.03 Å². The fourth-order valence-corrected chi connectivity index (χ4v) is 3.18. The van der Waals surface area contributed by atoms with Crippen LogP contribution >= 0.6 is 0 Å². The number of aromatic amines is 1. The smallest absolute Gasteiger partial charge is 0.317 e. The van der Waals surface area contributed by atoms with E-state index in [0.717, 1.165) is 37.4 Å². The number of H-pyrrole nitrogens is 1. The van der Waals surface area contributed by atoms with Gasteiger partial charge in [-0.05, 0) is 55.9 Å². The largest absolute Gasteiger partial charge is 0.331 e. The molecule has 1 heterocycles. The van der Waals surface area contributed by atoms with Gasteiger partial charge in [0.2, 0.25) is 0 Å². The van der Waals surface area contributed by atoms with Crippen LogP contribution in [0.5, 0.6) is 0 Å². The molecular formula is C18H22F2N4O. The Morgan fingerprint density at radius 2 is 1.96 bits per heavy atom. The maximum atomic E-state index is 13.3. The maximum Gasteiger partial charge on any atom is 0.317 e. The lowest BCUT2D eigenvalue weighted by atomic mass is 9.96. The van der Waals surface area contributed by atoms with Crippen LogP contribution in [0.3, 0.4) is 0 Å². The van der Waals surface area contributed by atoms with Gasteiger partial charge in [0.1, 0.15) is 11.6 Å². The van der Waals surface area contributed by atoms with Crippen LogP contribution in [0.2, 0.25) is 0 Å². The number of carbonyl (C=O) groups is 1. The maximum absolute atomic E-state index is 13.3. The third-order valence-electron chi connectivity index (χ3n) is 4.60. The molecule has 25 heavy (non-hydrogen) atoms. The molecule has 5 nitrogen and oxygen atoms in total. The number of benzene rings is 1. The van der Waals surface area contributed by atoms with Crippen molar-refractivity contribution in [2.45, 2.75) is 45.2 Å². The molecular weight excluding hydrogens is 326 g/mol. The van der Waals surface area contributed by atoms with E-state index in [9.17, 15) is 13.6 Å². The minimum atomic E-state index is -0.660.